The number of nitrogen functional groups attached to an aromatic ring is 1. The number of carbonyl (C=O) groups is 4. The van der Waals surface area contributed by atoms with Crippen LogP contribution in [0.4, 0.5) is 11.6 Å². The number of aromatic nitrogens is 2. The van der Waals surface area contributed by atoms with Gasteiger partial charge in [0.2, 0.25) is 5.91 Å². The highest BCUT2D eigenvalue weighted by atomic mass is 31.2. The van der Waals surface area contributed by atoms with Gasteiger partial charge in [0.1, 0.15) is 24.8 Å². The number of unbranched alkanes of at least 4 members (excludes halogenated alkanes) is 21. The fraction of sp³-hybridized carbons (Fsp3) is 0.700. The molecule has 3 unspecified atom stereocenters. The molecular formula is C60H97N4O12P. The highest BCUT2D eigenvalue weighted by molar-refractivity contribution is 7.47. The lowest BCUT2D eigenvalue weighted by molar-refractivity contribution is -0.164. The molecule has 2 heterocycles. The van der Waals surface area contributed by atoms with Crippen molar-refractivity contribution in [2.45, 2.75) is 226 Å². The summed E-state index contributed by atoms with van der Waals surface area (Å²) >= 11 is 0. The highest BCUT2D eigenvalue weighted by Gasteiger charge is 2.33. The number of phosphoric acid groups is 1. The first-order chi connectivity index (χ1) is 37.4. The van der Waals surface area contributed by atoms with E-state index in [0.717, 1.165) is 82.6 Å². The first kappa shape index (κ1) is 66.8. The van der Waals surface area contributed by atoms with Gasteiger partial charge in [0.05, 0.1) is 38.7 Å². The number of nitrogens with two attached hydrogens (primary N) is 1. The third kappa shape index (κ3) is 30.5. The number of benzene rings is 1. The largest absolute Gasteiger partial charge is 0.472 e. The van der Waals surface area contributed by atoms with Crippen LogP contribution >= 0.6 is 7.82 Å². The maximum absolute atomic E-state index is 13.3. The van der Waals surface area contributed by atoms with E-state index in [-0.39, 0.29) is 75.6 Å². The molecule has 77 heavy (non-hydrogen) atoms. The normalized spacial score (nSPS) is 14.0. The maximum atomic E-state index is 13.3. The number of nitrogens with zero attached hydrogens (tertiary/aromatic N) is 3. The fourth-order valence-electron chi connectivity index (χ4n) is 8.88. The summed E-state index contributed by atoms with van der Waals surface area (Å²) in [4.78, 5) is 72.7. The first-order valence-corrected chi connectivity index (χ1v) is 30.8. The number of allylic oxidation sites excluding steroid dienone is 4. The monoisotopic (exact) mass is 1100 g/mol. The summed E-state index contributed by atoms with van der Waals surface area (Å²) in [6.07, 6.45) is 38.0. The van der Waals surface area contributed by atoms with E-state index in [1.54, 1.807) is 38.3 Å². The summed E-state index contributed by atoms with van der Waals surface area (Å²) < 4.78 is 45.3. The van der Waals surface area contributed by atoms with Crippen molar-refractivity contribution in [2.24, 2.45) is 5.92 Å². The summed E-state index contributed by atoms with van der Waals surface area (Å²) in [5.41, 5.74) is 7.81. The van der Waals surface area contributed by atoms with E-state index < -0.39 is 38.4 Å². The Morgan fingerprint density at radius 3 is 1.84 bits per heavy atom. The van der Waals surface area contributed by atoms with Crippen LogP contribution in [-0.4, -0.2) is 84.7 Å². The number of phosphoric ester groups is 1. The third-order valence-electron chi connectivity index (χ3n) is 13.6. The number of carbonyl (C=O) groups excluding carboxylic acids is 4. The van der Waals surface area contributed by atoms with Gasteiger partial charge in [-0.05, 0) is 76.2 Å². The van der Waals surface area contributed by atoms with Crippen LogP contribution in [-0.2, 0) is 55.2 Å². The third-order valence-corrected chi connectivity index (χ3v) is 14.6. The first-order valence-electron chi connectivity index (χ1n) is 29.4. The second kappa shape index (κ2) is 41.6. The second-order valence-corrected chi connectivity index (χ2v) is 22.0. The number of methoxy groups -OCH3 is 1. The molecule has 3 atom stereocenters. The summed E-state index contributed by atoms with van der Waals surface area (Å²) in [6, 6.07) is 6.83. The lowest BCUT2D eigenvalue weighted by atomic mass is 10.0. The van der Waals surface area contributed by atoms with E-state index >= 15 is 0 Å². The van der Waals surface area contributed by atoms with Crippen LogP contribution in [0.5, 0.6) is 6.01 Å². The van der Waals surface area contributed by atoms with E-state index in [1.165, 1.54) is 81.9 Å². The molecule has 0 saturated carbocycles. The van der Waals surface area contributed by atoms with Gasteiger partial charge in [-0.1, -0.05) is 172 Å². The quantitative estimate of drug-likeness (QED) is 0.0207. The van der Waals surface area contributed by atoms with Crippen LogP contribution in [0.15, 0.2) is 48.6 Å². The average Bonchev–Trinajstić information content (AvgIpc) is 3.76. The SMILES string of the molecule is CCCCCCCC/C=C\CCCCCCC(C)C(=O)OC(COC(=O)CCCCCCC/C=C/CCCCCCCC)COP(=O)(O)OCCCC(=O)c1ccc(CN2C(=O)Cc3c(N)nc(OCCOC)nc32)cc1. The van der Waals surface area contributed by atoms with Gasteiger partial charge < -0.3 is 29.6 Å². The number of esters is 2. The molecule has 1 aromatic heterocycles. The van der Waals surface area contributed by atoms with Gasteiger partial charge in [-0.25, -0.2) is 4.57 Å². The summed E-state index contributed by atoms with van der Waals surface area (Å²) in [5.74, 6) is -1.25. The molecule has 1 aliphatic heterocycles. The van der Waals surface area contributed by atoms with Crippen molar-refractivity contribution in [1.82, 2.24) is 9.97 Å². The molecule has 0 saturated heterocycles. The van der Waals surface area contributed by atoms with E-state index in [9.17, 15) is 28.6 Å². The van der Waals surface area contributed by atoms with E-state index in [1.807, 2.05) is 0 Å². The molecule has 0 bridgehead atoms. The zero-order valence-corrected chi connectivity index (χ0v) is 48.4. The number of hydrogen-bond acceptors (Lipinski definition) is 14. The molecule has 3 N–H and O–H groups in total. The fourth-order valence-corrected chi connectivity index (χ4v) is 9.67. The summed E-state index contributed by atoms with van der Waals surface area (Å²) in [7, 11) is -3.12. The number of ketones is 1. The molecular weight excluding hydrogens is 1000 g/mol. The molecule has 17 heteroatoms. The van der Waals surface area contributed by atoms with Gasteiger partial charge in [0, 0.05) is 31.1 Å². The zero-order chi connectivity index (χ0) is 55.8. The number of rotatable bonds is 48. The number of anilines is 2. The van der Waals surface area contributed by atoms with E-state index in [4.69, 9.17) is 33.7 Å². The van der Waals surface area contributed by atoms with Gasteiger partial charge >= 0.3 is 25.8 Å². The van der Waals surface area contributed by atoms with Crippen LogP contribution < -0.4 is 15.4 Å². The van der Waals surface area contributed by atoms with E-state index in [2.05, 4.69) is 48.1 Å². The van der Waals surface area contributed by atoms with Crippen LogP contribution in [0.2, 0.25) is 0 Å². The van der Waals surface area contributed by atoms with Gasteiger partial charge in [-0.2, -0.15) is 9.97 Å². The summed E-state index contributed by atoms with van der Waals surface area (Å²) in [6.45, 7) is 5.86. The van der Waals surface area contributed by atoms with Gasteiger partial charge in [-0.3, -0.25) is 33.1 Å². The lowest BCUT2D eigenvalue weighted by Crippen LogP contribution is -2.31. The molecule has 0 radical (unpaired) electrons. The number of Topliss-reactive ketones (excluding diaryl/α,β-unsaturated/α-hetero) is 1. The molecule has 3 rings (SSSR count). The van der Waals surface area contributed by atoms with E-state index in [0.29, 0.717) is 36.4 Å². The predicted octanol–water partition coefficient (Wildman–Crippen LogP) is 14.0. The topological polar surface area (TPSA) is 216 Å². The number of ether oxygens (including phenoxy) is 4. The second-order valence-electron chi connectivity index (χ2n) is 20.5. The zero-order valence-electron chi connectivity index (χ0n) is 47.5. The van der Waals surface area contributed by atoms with Gasteiger partial charge in [-0.15, -0.1) is 0 Å². The lowest BCUT2D eigenvalue weighted by Gasteiger charge is -2.21. The average molecular weight is 1100 g/mol. The van der Waals surface area contributed by atoms with Crippen LogP contribution in [0.3, 0.4) is 0 Å². The standard InChI is InChI=1S/C60H97N4O12P/c1-5-7-9-11-13-15-17-19-21-23-25-27-29-31-33-37-56(67)73-47-52(76-59(68)49(3)35-32-30-28-26-24-22-20-18-16-14-12-10-8-6-2)48-75-77(69,70)74-42-34-36-54(65)51-40-38-50(39-41-51)46-64-55(66)45-53-57(61)62-60(63-58(53)64)72-44-43-71-4/h19-22,38-41,49,52H,5-18,23-37,42-48H2,1-4H3,(H,69,70)(H2,61,62,63)/b21-19+,22-20-. The van der Waals surface area contributed by atoms with Crippen molar-refractivity contribution in [3.05, 3.63) is 65.3 Å². The Hall–Kier alpha value is -4.47. The molecule has 2 aromatic rings. The number of amides is 1. The molecule has 1 aromatic carbocycles. The Balaban J connectivity index is 1.42. The Morgan fingerprint density at radius 2 is 1.26 bits per heavy atom. The molecule has 0 spiro atoms. The Morgan fingerprint density at radius 1 is 0.701 bits per heavy atom. The Bertz CT molecular complexity index is 2070. The van der Waals surface area contributed by atoms with Gasteiger partial charge in [0.15, 0.2) is 11.9 Å². The minimum atomic E-state index is -4.66. The number of hydrogen-bond donors (Lipinski definition) is 2. The smallest absolute Gasteiger partial charge is 0.462 e. The van der Waals surface area contributed by atoms with Crippen molar-refractivity contribution in [3.63, 3.8) is 0 Å². The Kier molecular flexibility index (Phi) is 36.1. The molecule has 1 amide bonds. The molecule has 0 fully saturated rings. The van der Waals surface area contributed by atoms with Crippen molar-refractivity contribution in [1.29, 1.82) is 0 Å². The molecule has 16 nitrogen and oxygen atoms in total. The van der Waals surface area contributed by atoms with Crippen LogP contribution in [0.25, 0.3) is 0 Å². The van der Waals surface area contributed by atoms with Crippen LogP contribution in [0.1, 0.15) is 228 Å². The van der Waals surface area contributed by atoms with Crippen molar-refractivity contribution in [3.8, 4) is 6.01 Å². The van der Waals surface area contributed by atoms with Crippen molar-refractivity contribution >= 4 is 43.1 Å². The van der Waals surface area contributed by atoms with Crippen molar-refractivity contribution < 1.29 is 56.6 Å². The Labute approximate surface area is 462 Å². The van der Waals surface area contributed by atoms with Crippen LogP contribution in [0, 0.1) is 5.92 Å². The number of fused-ring (bicyclic) bond motifs is 1. The summed E-state index contributed by atoms with van der Waals surface area (Å²) in [5, 5.41) is 0. The maximum Gasteiger partial charge on any atom is 0.472 e. The molecule has 434 valence electrons. The van der Waals surface area contributed by atoms with Crippen molar-refractivity contribution in [2.75, 3.05) is 50.8 Å². The van der Waals surface area contributed by atoms with Gasteiger partial charge in [0.25, 0.3) is 0 Å². The molecule has 0 aliphatic carbocycles. The minimum absolute atomic E-state index is 0.0144. The molecule has 1 aliphatic rings. The predicted molar refractivity (Wildman–Crippen MR) is 305 cm³/mol. The minimum Gasteiger partial charge on any atom is -0.462 e. The highest BCUT2D eigenvalue weighted by Crippen LogP contribution is 2.43.